The van der Waals surface area contributed by atoms with Crippen molar-refractivity contribution < 1.29 is 13.2 Å². The summed E-state index contributed by atoms with van der Waals surface area (Å²) in [5.41, 5.74) is 0.0742. The van der Waals surface area contributed by atoms with Gasteiger partial charge >= 0.3 is 6.18 Å². The maximum Gasteiger partial charge on any atom is 0.418 e. The molecule has 0 aliphatic heterocycles. The Hall–Kier alpha value is -1.98. The van der Waals surface area contributed by atoms with Crippen molar-refractivity contribution in [3.05, 3.63) is 41.7 Å². The Balaban J connectivity index is 2.47. The van der Waals surface area contributed by atoms with Gasteiger partial charge in [-0.1, -0.05) is 26.0 Å². The molecule has 0 saturated heterocycles. The molecule has 0 spiro atoms. The van der Waals surface area contributed by atoms with Crippen molar-refractivity contribution in [1.82, 2.24) is 9.55 Å². The van der Waals surface area contributed by atoms with E-state index in [0.717, 1.165) is 6.07 Å². The van der Waals surface area contributed by atoms with Gasteiger partial charge in [-0.05, 0) is 25.0 Å². The summed E-state index contributed by atoms with van der Waals surface area (Å²) in [5.74, 6) is 0.797. The fourth-order valence-corrected chi connectivity index (χ4v) is 2.02. The first kappa shape index (κ1) is 15.4. The zero-order valence-electron chi connectivity index (χ0n) is 12.2. The summed E-state index contributed by atoms with van der Waals surface area (Å²) >= 11 is 0. The third-order valence-corrected chi connectivity index (χ3v) is 2.96. The number of aromatic nitrogens is 2. The number of nitrogens with one attached hydrogen (secondary N) is 1. The Morgan fingerprint density at radius 2 is 1.90 bits per heavy atom. The second-order valence-corrected chi connectivity index (χ2v) is 5.37. The smallest absolute Gasteiger partial charge is 0.355 e. The molecule has 0 unspecified atom stereocenters. The van der Waals surface area contributed by atoms with Crippen molar-refractivity contribution in [3.8, 4) is 5.69 Å². The maximum absolute atomic E-state index is 13.1. The van der Waals surface area contributed by atoms with Crippen LogP contribution in [0.5, 0.6) is 0 Å². The van der Waals surface area contributed by atoms with Crippen LogP contribution in [0.15, 0.2) is 30.5 Å². The molecule has 2 rings (SSSR count). The maximum atomic E-state index is 13.1. The monoisotopic (exact) mass is 297 g/mol. The molecule has 0 saturated carbocycles. The first-order valence-electron chi connectivity index (χ1n) is 6.75. The van der Waals surface area contributed by atoms with Gasteiger partial charge in [0.25, 0.3) is 0 Å². The van der Waals surface area contributed by atoms with E-state index in [1.807, 2.05) is 13.8 Å². The van der Waals surface area contributed by atoms with Gasteiger partial charge in [0.2, 0.25) is 5.95 Å². The van der Waals surface area contributed by atoms with E-state index >= 15 is 0 Å². The number of anilines is 1. The number of imidazole rings is 1. The van der Waals surface area contributed by atoms with Gasteiger partial charge in [0.15, 0.2) is 0 Å². The second-order valence-electron chi connectivity index (χ2n) is 5.37. The molecule has 1 aromatic heterocycles. The lowest BCUT2D eigenvalue weighted by Crippen LogP contribution is -2.15. The number of alkyl halides is 3. The SMILES string of the molecule is Cc1cn(-c2ccccc2C(F)(F)F)c(NCC(C)C)n1. The standard InChI is InChI=1S/C15H18F3N3/c1-10(2)8-19-14-20-11(3)9-21(14)13-7-5-4-6-12(13)15(16,17)18/h4-7,9-10H,8H2,1-3H3,(H,19,20). The van der Waals surface area contributed by atoms with E-state index in [0.29, 0.717) is 24.1 Å². The molecule has 1 aromatic carbocycles. The van der Waals surface area contributed by atoms with Gasteiger partial charge in [-0.15, -0.1) is 0 Å². The predicted molar refractivity (Wildman–Crippen MR) is 76.6 cm³/mol. The number of nitrogens with zero attached hydrogens (tertiary/aromatic N) is 2. The molecule has 2 aromatic rings. The third kappa shape index (κ3) is 3.56. The normalized spacial score (nSPS) is 12.0. The van der Waals surface area contributed by atoms with Crippen LogP contribution in [0.1, 0.15) is 25.1 Å². The lowest BCUT2D eigenvalue weighted by molar-refractivity contribution is -0.137. The molecule has 6 heteroatoms. The van der Waals surface area contributed by atoms with Crippen LogP contribution in [0.2, 0.25) is 0 Å². The quantitative estimate of drug-likeness (QED) is 0.913. The van der Waals surface area contributed by atoms with Crippen molar-refractivity contribution in [3.63, 3.8) is 0 Å². The zero-order valence-corrected chi connectivity index (χ0v) is 12.2. The zero-order chi connectivity index (χ0) is 15.6. The van der Waals surface area contributed by atoms with Gasteiger partial charge in [-0.2, -0.15) is 13.2 Å². The highest BCUT2D eigenvalue weighted by molar-refractivity contribution is 5.49. The van der Waals surface area contributed by atoms with Crippen LogP contribution in [0.25, 0.3) is 5.69 Å². The van der Waals surface area contributed by atoms with Crippen LogP contribution in [-0.4, -0.2) is 16.1 Å². The summed E-state index contributed by atoms with van der Waals surface area (Å²) in [6, 6.07) is 5.50. The van der Waals surface area contributed by atoms with Gasteiger partial charge in [0.05, 0.1) is 16.9 Å². The highest BCUT2D eigenvalue weighted by Crippen LogP contribution is 2.34. The minimum atomic E-state index is -4.40. The molecule has 0 bridgehead atoms. The van der Waals surface area contributed by atoms with E-state index in [1.54, 1.807) is 19.2 Å². The van der Waals surface area contributed by atoms with Crippen LogP contribution in [-0.2, 0) is 6.18 Å². The summed E-state index contributed by atoms with van der Waals surface area (Å²) < 4.78 is 40.9. The highest BCUT2D eigenvalue weighted by atomic mass is 19.4. The lowest BCUT2D eigenvalue weighted by atomic mass is 10.1. The Kier molecular flexibility index (Phi) is 4.25. The fraction of sp³-hybridized carbons (Fsp3) is 0.400. The van der Waals surface area contributed by atoms with Crippen molar-refractivity contribution in [2.24, 2.45) is 5.92 Å². The van der Waals surface area contributed by atoms with E-state index in [4.69, 9.17) is 0 Å². The lowest BCUT2D eigenvalue weighted by Gasteiger charge is -2.16. The van der Waals surface area contributed by atoms with Crippen LogP contribution in [0.3, 0.4) is 0 Å². The number of halogens is 3. The van der Waals surface area contributed by atoms with Crippen molar-refractivity contribution in [2.45, 2.75) is 26.9 Å². The number of rotatable bonds is 4. The predicted octanol–water partition coefficient (Wildman–Crippen LogP) is 4.27. The number of benzene rings is 1. The minimum Gasteiger partial charge on any atom is -0.355 e. The van der Waals surface area contributed by atoms with Gasteiger partial charge in [-0.3, -0.25) is 4.57 Å². The van der Waals surface area contributed by atoms with Gasteiger partial charge in [0.1, 0.15) is 0 Å². The number of para-hydroxylation sites is 1. The number of hydrogen-bond acceptors (Lipinski definition) is 2. The summed E-state index contributed by atoms with van der Waals surface area (Å²) in [6.07, 6.45) is -2.79. The molecule has 0 aliphatic rings. The topological polar surface area (TPSA) is 29.9 Å². The molecular formula is C15H18F3N3. The van der Waals surface area contributed by atoms with Gasteiger partial charge in [-0.25, -0.2) is 4.98 Å². The Morgan fingerprint density at radius 3 is 2.52 bits per heavy atom. The van der Waals surface area contributed by atoms with Crippen LogP contribution < -0.4 is 5.32 Å². The second kappa shape index (κ2) is 5.79. The molecule has 1 N–H and O–H groups in total. The first-order valence-corrected chi connectivity index (χ1v) is 6.75. The van der Waals surface area contributed by atoms with Gasteiger partial charge in [0, 0.05) is 12.7 Å². The number of hydrogen-bond donors (Lipinski definition) is 1. The highest BCUT2D eigenvalue weighted by Gasteiger charge is 2.34. The average Bonchev–Trinajstić information content (AvgIpc) is 2.76. The summed E-state index contributed by atoms with van der Waals surface area (Å²) in [5, 5.41) is 3.10. The third-order valence-electron chi connectivity index (χ3n) is 2.96. The van der Waals surface area contributed by atoms with E-state index in [9.17, 15) is 13.2 Å². The molecular weight excluding hydrogens is 279 g/mol. The average molecular weight is 297 g/mol. The summed E-state index contributed by atoms with van der Waals surface area (Å²) in [4.78, 5) is 4.27. The van der Waals surface area contributed by atoms with Gasteiger partial charge < -0.3 is 5.32 Å². The Labute approximate surface area is 121 Å². The van der Waals surface area contributed by atoms with Crippen molar-refractivity contribution in [2.75, 3.05) is 11.9 Å². The molecule has 0 aliphatic carbocycles. The van der Waals surface area contributed by atoms with Crippen LogP contribution in [0, 0.1) is 12.8 Å². The van der Waals surface area contributed by atoms with Crippen molar-refractivity contribution >= 4 is 5.95 Å². The Bertz CT molecular complexity index is 615. The molecule has 3 nitrogen and oxygen atoms in total. The van der Waals surface area contributed by atoms with Crippen LogP contribution >= 0.6 is 0 Å². The largest absolute Gasteiger partial charge is 0.418 e. The molecule has 114 valence electrons. The minimum absolute atomic E-state index is 0.0804. The fourth-order valence-electron chi connectivity index (χ4n) is 2.02. The molecule has 21 heavy (non-hydrogen) atoms. The Morgan fingerprint density at radius 1 is 1.24 bits per heavy atom. The van der Waals surface area contributed by atoms with E-state index in [-0.39, 0.29) is 5.69 Å². The van der Waals surface area contributed by atoms with E-state index in [1.165, 1.54) is 16.7 Å². The molecule has 1 heterocycles. The van der Waals surface area contributed by atoms with Crippen molar-refractivity contribution in [1.29, 1.82) is 0 Å². The molecule has 0 atom stereocenters. The van der Waals surface area contributed by atoms with E-state index in [2.05, 4.69) is 10.3 Å². The first-order chi connectivity index (χ1) is 9.79. The summed E-state index contributed by atoms with van der Waals surface area (Å²) in [6.45, 7) is 6.45. The molecule has 0 amide bonds. The number of aryl methyl sites for hydroxylation is 1. The van der Waals surface area contributed by atoms with Crippen LogP contribution in [0.4, 0.5) is 19.1 Å². The van der Waals surface area contributed by atoms with E-state index < -0.39 is 11.7 Å². The summed E-state index contributed by atoms with van der Waals surface area (Å²) in [7, 11) is 0. The molecule has 0 fully saturated rings. The molecule has 0 radical (unpaired) electrons.